The molecule has 0 fully saturated rings. The van der Waals surface area contributed by atoms with Crippen LogP contribution in [0, 0.1) is 17.8 Å². The van der Waals surface area contributed by atoms with Crippen LogP contribution in [0.3, 0.4) is 0 Å². The van der Waals surface area contributed by atoms with Crippen LogP contribution >= 0.6 is 15.6 Å². The number of hydrogen-bond acceptors (Lipinski definition) is 15. The van der Waals surface area contributed by atoms with Gasteiger partial charge >= 0.3 is 39.5 Å². The van der Waals surface area contributed by atoms with Gasteiger partial charge in [-0.05, 0) is 43.4 Å². The predicted molar refractivity (Wildman–Crippen MR) is 377 cm³/mol. The fourth-order valence-electron chi connectivity index (χ4n) is 11.2. The van der Waals surface area contributed by atoms with E-state index >= 15 is 0 Å². The molecule has 19 heteroatoms. The Morgan fingerprint density at radius 2 is 0.548 bits per heavy atom. The first-order valence-electron chi connectivity index (χ1n) is 38.4. The first kappa shape index (κ1) is 91.1. The molecule has 0 aliphatic heterocycles. The lowest BCUT2D eigenvalue weighted by molar-refractivity contribution is -0.161. The molecule has 6 atom stereocenters. The van der Waals surface area contributed by atoms with Crippen LogP contribution < -0.4 is 0 Å². The molecule has 0 aliphatic rings. The van der Waals surface area contributed by atoms with E-state index in [-0.39, 0.29) is 25.7 Å². The zero-order valence-electron chi connectivity index (χ0n) is 60.7. The molecule has 0 spiro atoms. The van der Waals surface area contributed by atoms with E-state index in [4.69, 9.17) is 37.0 Å². The number of phosphoric ester groups is 2. The van der Waals surface area contributed by atoms with Gasteiger partial charge in [0.25, 0.3) is 0 Å². The normalized spacial score (nSPS) is 14.4. The van der Waals surface area contributed by atoms with Crippen LogP contribution in [0.2, 0.25) is 0 Å². The minimum absolute atomic E-state index is 0.106. The second-order valence-corrected chi connectivity index (χ2v) is 30.8. The molecule has 0 aliphatic carbocycles. The molecule has 3 N–H and O–H groups in total. The minimum atomic E-state index is -4.96. The molecule has 0 bridgehead atoms. The van der Waals surface area contributed by atoms with E-state index in [1.807, 2.05) is 0 Å². The Bertz CT molecular complexity index is 1820. The molecule has 17 nitrogen and oxygen atoms in total. The van der Waals surface area contributed by atoms with Crippen LogP contribution in [0.25, 0.3) is 0 Å². The van der Waals surface area contributed by atoms with Gasteiger partial charge in [-0.3, -0.25) is 37.3 Å². The number of esters is 4. The van der Waals surface area contributed by atoms with Crippen LogP contribution in [0.5, 0.6) is 0 Å². The van der Waals surface area contributed by atoms with E-state index < -0.39 is 97.5 Å². The zero-order valence-corrected chi connectivity index (χ0v) is 62.5. The van der Waals surface area contributed by atoms with Gasteiger partial charge in [0.2, 0.25) is 0 Å². The molecular formula is C74H144O17P2. The maximum absolute atomic E-state index is 13.1. The summed E-state index contributed by atoms with van der Waals surface area (Å²) in [4.78, 5) is 72.7. The molecular weight excluding hydrogens is 1220 g/mol. The van der Waals surface area contributed by atoms with Crippen molar-refractivity contribution in [2.45, 2.75) is 394 Å². The van der Waals surface area contributed by atoms with Crippen molar-refractivity contribution in [2.75, 3.05) is 39.6 Å². The monoisotopic (exact) mass is 1370 g/mol. The van der Waals surface area contributed by atoms with E-state index in [9.17, 15) is 43.2 Å². The summed E-state index contributed by atoms with van der Waals surface area (Å²) in [5.41, 5.74) is 0. The summed E-state index contributed by atoms with van der Waals surface area (Å²) in [5, 5.41) is 10.6. The third-order valence-electron chi connectivity index (χ3n) is 17.5. The molecule has 3 unspecified atom stereocenters. The summed E-state index contributed by atoms with van der Waals surface area (Å²) in [6.45, 7) is 11.9. The largest absolute Gasteiger partial charge is 0.472 e. The second kappa shape index (κ2) is 64.7. The standard InChI is InChI=1S/C74H144O17P2/c1-8-10-11-12-13-14-15-22-25-36-43-50-57-73(78)90-69(61-84-71(76)55-48-41-34-29-27-32-39-46-53-66(5)6)63-88-92(80,81)86-59-68(75)60-87-93(82,83)89-64-70(62-85-72(77)56-49-42-35-30-28-33-40-47-54-67(7)9-2)91-74(79)58-51-44-37-26-23-20-18-16-17-19-21-24-31-38-45-52-65(3)4/h65-70,75H,8-64H2,1-7H3,(H,80,81)(H,82,83)/t67?,68-,69+,70+/m0/s1. The highest BCUT2D eigenvalue weighted by Gasteiger charge is 2.30. The van der Waals surface area contributed by atoms with E-state index in [0.29, 0.717) is 25.7 Å². The second-order valence-electron chi connectivity index (χ2n) is 27.9. The Morgan fingerprint density at radius 3 is 0.817 bits per heavy atom. The van der Waals surface area contributed by atoms with Crippen molar-refractivity contribution in [3.05, 3.63) is 0 Å². The molecule has 0 aromatic rings. The zero-order chi connectivity index (χ0) is 68.7. The third kappa shape index (κ3) is 67.0. The van der Waals surface area contributed by atoms with Gasteiger partial charge in [-0.15, -0.1) is 0 Å². The number of ether oxygens (including phenoxy) is 4. The number of phosphoric acid groups is 2. The maximum Gasteiger partial charge on any atom is 0.472 e. The summed E-state index contributed by atoms with van der Waals surface area (Å²) in [5.74, 6) is 0.186. The predicted octanol–water partition coefficient (Wildman–Crippen LogP) is 21.4. The average Bonchev–Trinajstić information content (AvgIpc) is 3.13. The smallest absolute Gasteiger partial charge is 0.462 e. The van der Waals surface area contributed by atoms with E-state index in [1.54, 1.807) is 0 Å². The average molecular weight is 1370 g/mol. The van der Waals surface area contributed by atoms with Crippen molar-refractivity contribution in [3.8, 4) is 0 Å². The molecule has 93 heavy (non-hydrogen) atoms. The van der Waals surface area contributed by atoms with Crippen molar-refractivity contribution >= 4 is 39.5 Å². The van der Waals surface area contributed by atoms with Crippen LogP contribution in [-0.4, -0.2) is 96.7 Å². The Labute approximate surface area is 568 Å². The quantitative estimate of drug-likeness (QED) is 0.0222. The van der Waals surface area contributed by atoms with E-state index in [1.165, 1.54) is 186 Å². The fraction of sp³-hybridized carbons (Fsp3) is 0.946. The molecule has 0 aromatic heterocycles. The Hall–Kier alpha value is -1.94. The summed E-state index contributed by atoms with van der Waals surface area (Å²) in [7, 11) is -9.91. The number of rotatable bonds is 72. The third-order valence-corrected chi connectivity index (χ3v) is 19.4. The molecule has 0 saturated carbocycles. The van der Waals surface area contributed by atoms with Gasteiger partial charge in [-0.1, -0.05) is 325 Å². The van der Waals surface area contributed by atoms with Crippen molar-refractivity contribution in [2.24, 2.45) is 17.8 Å². The van der Waals surface area contributed by atoms with Crippen LogP contribution in [0.15, 0.2) is 0 Å². The lowest BCUT2D eigenvalue weighted by Crippen LogP contribution is -2.30. The molecule has 0 rings (SSSR count). The van der Waals surface area contributed by atoms with Gasteiger partial charge < -0.3 is 33.8 Å². The topological polar surface area (TPSA) is 237 Å². The van der Waals surface area contributed by atoms with E-state index in [0.717, 1.165) is 108 Å². The Balaban J connectivity index is 5.24. The van der Waals surface area contributed by atoms with Crippen molar-refractivity contribution in [1.29, 1.82) is 0 Å². The van der Waals surface area contributed by atoms with E-state index in [2.05, 4.69) is 48.5 Å². The first-order valence-corrected chi connectivity index (χ1v) is 41.4. The minimum Gasteiger partial charge on any atom is -0.462 e. The number of aliphatic hydroxyl groups excluding tert-OH is 1. The lowest BCUT2D eigenvalue weighted by Gasteiger charge is -2.21. The van der Waals surface area contributed by atoms with Crippen molar-refractivity contribution in [3.63, 3.8) is 0 Å². The molecule has 0 saturated heterocycles. The number of hydrogen-bond donors (Lipinski definition) is 3. The molecule has 0 radical (unpaired) electrons. The molecule has 0 amide bonds. The van der Waals surface area contributed by atoms with Gasteiger partial charge in [0, 0.05) is 25.7 Å². The van der Waals surface area contributed by atoms with Gasteiger partial charge in [0.15, 0.2) is 12.2 Å². The highest BCUT2D eigenvalue weighted by atomic mass is 31.2. The molecule has 0 heterocycles. The summed E-state index contributed by atoms with van der Waals surface area (Å²) < 4.78 is 68.4. The van der Waals surface area contributed by atoms with Gasteiger partial charge in [0.1, 0.15) is 19.3 Å². The SMILES string of the molecule is CCCCCCCCCCCCCCC(=O)O[C@H](COC(=O)CCCCCCCCCCC(C)C)COP(=O)(O)OC[C@H](O)COP(=O)(O)OC[C@@H](COC(=O)CCCCCCCCCCC(C)CC)OC(=O)CCCCCCCCCCCCCCCCCC(C)C. The summed E-state index contributed by atoms with van der Waals surface area (Å²) >= 11 is 0. The number of carbonyl (C=O) groups is 4. The lowest BCUT2D eigenvalue weighted by atomic mass is 9.99. The first-order chi connectivity index (χ1) is 44.8. The highest BCUT2D eigenvalue weighted by molar-refractivity contribution is 7.47. The Kier molecular flexibility index (Phi) is 63.4. The molecule has 552 valence electrons. The number of carbonyl (C=O) groups excluding carboxylic acids is 4. The summed E-state index contributed by atoms with van der Waals surface area (Å²) in [6.07, 6.45) is 49.9. The van der Waals surface area contributed by atoms with Gasteiger partial charge in [-0.2, -0.15) is 0 Å². The van der Waals surface area contributed by atoms with Gasteiger partial charge in [0.05, 0.1) is 26.4 Å². The number of unbranched alkanes of at least 4 members (excludes halogenated alkanes) is 39. The summed E-state index contributed by atoms with van der Waals surface area (Å²) in [6, 6.07) is 0. The van der Waals surface area contributed by atoms with Gasteiger partial charge in [-0.25, -0.2) is 9.13 Å². The van der Waals surface area contributed by atoms with Crippen LogP contribution in [-0.2, 0) is 65.4 Å². The number of aliphatic hydroxyl groups is 1. The van der Waals surface area contributed by atoms with Crippen molar-refractivity contribution in [1.82, 2.24) is 0 Å². The van der Waals surface area contributed by atoms with Crippen molar-refractivity contribution < 1.29 is 80.2 Å². The van der Waals surface area contributed by atoms with Crippen LogP contribution in [0.1, 0.15) is 376 Å². The molecule has 0 aromatic carbocycles. The Morgan fingerprint density at radius 1 is 0.312 bits per heavy atom. The highest BCUT2D eigenvalue weighted by Crippen LogP contribution is 2.45. The maximum atomic E-state index is 13.1. The fourth-order valence-corrected chi connectivity index (χ4v) is 12.8. The van der Waals surface area contributed by atoms with Crippen LogP contribution in [0.4, 0.5) is 0 Å².